The van der Waals surface area contributed by atoms with Crippen LogP contribution in [0.25, 0.3) is 0 Å². The highest BCUT2D eigenvalue weighted by Crippen LogP contribution is 2.17. The minimum absolute atomic E-state index is 0.0240. The first kappa shape index (κ1) is 13.4. The van der Waals surface area contributed by atoms with Crippen LogP contribution in [-0.4, -0.2) is 44.6 Å². The number of sulfonamides is 1. The van der Waals surface area contributed by atoms with Crippen LogP contribution < -0.4 is 4.72 Å². The number of hydrogen-bond donors (Lipinski definition) is 1. The molecule has 0 radical (unpaired) electrons. The van der Waals surface area contributed by atoms with Gasteiger partial charge in [0.2, 0.25) is 15.9 Å². The van der Waals surface area contributed by atoms with Crippen molar-refractivity contribution < 1.29 is 13.2 Å². The first-order chi connectivity index (χ1) is 7.44. The SMILES string of the molecule is CCC(=O)N1CCCC[C@@H]1CNS(C)(=O)=O. The molecular formula is C10H20N2O3S. The molecule has 0 aliphatic carbocycles. The van der Waals surface area contributed by atoms with Crippen LogP contribution in [0.4, 0.5) is 0 Å². The summed E-state index contributed by atoms with van der Waals surface area (Å²) >= 11 is 0. The molecule has 0 aromatic rings. The third-order valence-corrected chi connectivity index (χ3v) is 3.52. The highest BCUT2D eigenvalue weighted by atomic mass is 32.2. The molecule has 1 fully saturated rings. The summed E-state index contributed by atoms with van der Waals surface area (Å²) in [6.45, 7) is 2.92. The summed E-state index contributed by atoms with van der Waals surface area (Å²) in [7, 11) is -3.17. The molecule has 0 saturated carbocycles. The predicted molar refractivity (Wildman–Crippen MR) is 62.5 cm³/mol. The second kappa shape index (κ2) is 5.63. The molecule has 6 heteroatoms. The van der Waals surface area contributed by atoms with Gasteiger partial charge in [-0.3, -0.25) is 4.79 Å². The molecule has 0 aromatic heterocycles. The first-order valence-corrected chi connectivity index (χ1v) is 7.57. The maximum Gasteiger partial charge on any atom is 0.222 e. The molecule has 1 rings (SSSR count). The van der Waals surface area contributed by atoms with E-state index in [2.05, 4.69) is 4.72 Å². The first-order valence-electron chi connectivity index (χ1n) is 5.68. The zero-order chi connectivity index (χ0) is 12.2. The molecule has 0 aromatic carbocycles. The molecular weight excluding hydrogens is 228 g/mol. The molecule has 0 spiro atoms. The highest BCUT2D eigenvalue weighted by Gasteiger charge is 2.25. The van der Waals surface area contributed by atoms with Crippen LogP contribution in [0.15, 0.2) is 0 Å². The van der Waals surface area contributed by atoms with Gasteiger partial charge in [-0.15, -0.1) is 0 Å². The Hall–Kier alpha value is -0.620. The quantitative estimate of drug-likeness (QED) is 0.779. The van der Waals surface area contributed by atoms with Crippen LogP contribution in [0.5, 0.6) is 0 Å². The van der Waals surface area contributed by atoms with Crippen molar-refractivity contribution >= 4 is 15.9 Å². The molecule has 0 bridgehead atoms. The molecule has 5 nitrogen and oxygen atoms in total. The van der Waals surface area contributed by atoms with Crippen molar-refractivity contribution in [2.75, 3.05) is 19.3 Å². The third-order valence-electron chi connectivity index (χ3n) is 2.83. The van der Waals surface area contributed by atoms with Gasteiger partial charge in [0.15, 0.2) is 0 Å². The van der Waals surface area contributed by atoms with Crippen molar-refractivity contribution in [1.82, 2.24) is 9.62 Å². The summed E-state index contributed by atoms with van der Waals surface area (Å²) in [5.41, 5.74) is 0. The lowest BCUT2D eigenvalue weighted by Gasteiger charge is -2.35. The van der Waals surface area contributed by atoms with Gasteiger partial charge in [0.1, 0.15) is 0 Å². The molecule has 94 valence electrons. The number of nitrogens with one attached hydrogen (secondary N) is 1. The van der Waals surface area contributed by atoms with E-state index < -0.39 is 10.0 Å². The van der Waals surface area contributed by atoms with Gasteiger partial charge in [-0.2, -0.15) is 0 Å². The fraction of sp³-hybridized carbons (Fsp3) is 0.900. The molecule has 1 amide bonds. The van der Waals surface area contributed by atoms with Gasteiger partial charge in [-0.05, 0) is 19.3 Å². The second-order valence-corrected chi connectivity index (χ2v) is 6.04. The predicted octanol–water partition coefficient (Wildman–Crippen LogP) is 0.327. The highest BCUT2D eigenvalue weighted by molar-refractivity contribution is 7.88. The molecule has 1 atom stereocenters. The van der Waals surface area contributed by atoms with Crippen LogP contribution in [0.1, 0.15) is 32.6 Å². The smallest absolute Gasteiger partial charge is 0.222 e. The Bertz CT molecular complexity index is 340. The third kappa shape index (κ3) is 4.09. The fourth-order valence-electron chi connectivity index (χ4n) is 1.99. The number of nitrogens with zero attached hydrogens (tertiary/aromatic N) is 1. The zero-order valence-corrected chi connectivity index (χ0v) is 10.7. The second-order valence-electron chi connectivity index (χ2n) is 4.21. The van der Waals surface area contributed by atoms with E-state index in [1.807, 2.05) is 11.8 Å². The van der Waals surface area contributed by atoms with Gasteiger partial charge in [0.25, 0.3) is 0 Å². The topological polar surface area (TPSA) is 66.5 Å². The fourth-order valence-corrected chi connectivity index (χ4v) is 2.49. The summed E-state index contributed by atoms with van der Waals surface area (Å²) in [6.07, 6.45) is 4.58. The van der Waals surface area contributed by atoms with Crippen LogP contribution >= 0.6 is 0 Å². The van der Waals surface area contributed by atoms with Crippen LogP contribution in [0.3, 0.4) is 0 Å². The van der Waals surface area contributed by atoms with E-state index >= 15 is 0 Å². The number of hydrogen-bond acceptors (Lipinski definition) is 3. The largest absolute Gasteiger partial charge is 0.338 e. The number of rotatable bonds is 4. The Morgan fingerprint density at radius 1 is 1.44 bits per heavy atom. The maximum atomic E-state index is 11.7. The Morgan fingerprint density at radius 2 is 2.12 bits per heavy atom. The van der Waals surface area contributed by atoms with Gasteiger partial charge in [0, 0.05) is 25.6 Å². The van der Waals surface area contributed by atoms with E-state index in [0.717, 1.165) is 32.1 Å². The average Bonchev–Trinajstić information content (AvgIpc) is 2.25. The van der Waals surface area contributed by atoms with Crippen LogP contribution in [0, 0.1) is 0 Å². The lowest BCUT2D eigenvalue weighted by molar-refractivity contribution is -0.134. The minimum Gasteiger partial charge on any atom is -0.338 e. The molecule has 1 heterocycles. The van der Waals surface area contributed by atoms with Crippen molar-refractivity contribution in [3.8, 4) is 0 Å². The van der Waals surface area contributed by atoms with E-state index in [0.29, 0.717) is 13.0 Å². The summed E-state index contributed by atoms with van der Waals surface area (Å²) < 4.78 is 24.5. The van der Waals surface area contributed by atoms with Gasteiger partial charge in [0.05, 0.1) is 6.26 Å². The van der Waals surface area contributed by atoms with Gasteiger partial charge < -0.3 is 4.90 Å². The maximum absolute atomic E-state index is 11.7. The molecule has 1 aliphatic heterocycles. The molecule has 1 saturated heterocycles. The van der Waals surface area contributed by atoms with E-state index in [4.69, 9.17) is 0 Å². The Kier molecular flexibility index (Phi) is 4.73. The summed E-state index contributed by atoms with van der Waals surface area (Å²) in [5.74, 6) is 0.111. The monoisotopic (exact) mass is 248 g/mol. The van der Waals surface area contributed by atoms with Gasteiger partial charge >= 0.3 is 0 Å². The van der Waals surface area contributed by atoms with E-state index in [1.165, 1.54) is 0 Å². The van der Waals surface area contributed by atoms with E-state index in [-0.39, 0.29) is 11.9 Å². The van der Waals surface area contributed by atoms with Crippen molar-refractivity contribution in [3.63, 3.8) is 0 Å². The minimum atomic E-state index is -3.17. The average molecular weight is 248 g/mol. The Labute approximate surface area is 97.2 Å². The zero-order valence-electron chi connectivity index (χ0n) is 9.90. The number of piperidine rings is 1. The van der Waals surface area contributed by atoms with Crippen LogP contribution in [0.2, 0.25) is 0 Å². The number of carbonyl (C=O) groups excluding carboxylic acids is 1. The van der Waals surface area contributed by atoms with Crippen molar-refractivity contribution in [2.24, 2.45) is 0 Å². The number of likely N-dealkylation sites (tertiary alicyclic amines) is 1. The molecule has 1 aliphatic rings. The molecule has 0 unspecified atom stereocenters. The summed E-state index contributed by atoms with van der Waals surface area (Å²) in [6, 6.07) is 0.0240. The van der Waals surface area contributed by atoms with Crippen LogP contribution in [-0.2, 0) is 14.8 Å². The lowest BCUT2D eigenvalue weighted by atomic mass is 10.0. The number of carbonyl (C=O) groups is 1. The molecule has 1 N–H and O–H groups in total. The normalized spacial score (nSPS) is 22.1. The van der Waals surface area contributed by atoms with Gasteiger partial charge in [-0.1, -0.05) is 6.92 Å². The van der Waals surface area contributed by atoms with E-state index in [1.54, 1.807) is 0 Å². The van der Waals surface area contributed by atoms with Crippen molar-refractivity contribution in [3.05, 3.63) is 0 Å². The van der Waals surface area contributed by atoms with Crippen molar-refractivity contribution in [1.29, 1.82) is 0 Å². The summed E-state index contributed by atoms with van der Waals surface area (Å²) in [4.78, 5) is 13.5. The Balaban J connectivity index is 2.57. The van der Waals surface area contributed by atoms with E-state index in [9.17, 15) is 13.2 Å². The number of amides is 1. The lowest BCUT2D eigenvalue weighted by Crippen LogP contribution is -2.49. The van der Waals surface area contributed by atoms with Crippen molar-refractivity contribution in [2.45, 2.75) is 38.6 Å². The van der Waals surface area contributed by atoms with Gasteiger partial charge in [-0.25, -0.2) is 13.1 Å². The summed E-state index contributed by atoms with van der Waals surface area (Å²) in [5, 5.41) is 0. The molecule has 16 heavy (non-hydrogen) atoms. The Morgan fingerprint density at radius 3 is 2.69 bits per heavy atom. The standard InChI is InChI=1S/C10H20N2O3S/c1-3-10(13)12-7-5-4-6-9(12)8-11-16(2,14)15/h9,11H,3-8H2,1-2H3/t9-/m1/s1.